The molecular weight excluding hydrogens is 288 g/mol. The largest absolute Gasteiger partial charge is 0.496 e. The van der Waals surface area contributed by atoms with Crippen molar-refractivity contribution in [1.29, 1.82) is 0 Å². The molecule has 0 spiro atoms. The Kier molecular flexibility index (Phi) is 5.47. The fourth-order valence-electron chi connectivity index (χ4n) is 2.21. The first-order valence-electron chi connectivity index (χ1n) is 6.68. The molecule has 5 heteroatoms. The van der Waals surface area contributed by atoms with Crippen LogP contribution in [0.25, 0.3) is 0 Å². The van der Waals surface area contributed by atoms with E-state index in [1.165, 1.54) is 5.56 Å². The summed E-state index contributed by atoms with van der Waals surface area (Å²) in [4.78, 5) is 0. The molecule has 0 saturated heterocycles. The van der Waals surface area contributed by atoms with Gasteiger partial charge in [-0.3, -0.25) is 0 Å². The number of aliphatic hydroxyl groups excluding tert-OH is 1. The molecular formula is C16H20O4S. The normalized spacial score (nSPS) is 12.0. The third-order valence-electron chi connectivity index (χ3n) is 3.38. The molecule has 1 heterocycles. The van der Waals surface area contributed by atoms with E-state index in [1.807, 2.05) is 5.38 Å². The molecule has 1 aromatic heterocycles. The standard InChI is InChI=1S/C16H20O4S/c1-18-14-9-16(20-3)15(19-2)8-12(14)13(17)5-4-11-6-7-21-10-11/h6-10,13,17H,4-5H2,1-3H3. The molecule has 1 aromatic carbocycles. The Morgan fingerprint density at radius 1 is 1.05 bits per heavy atom. The van der Waals surface area contributed by atoms with Crippen LogP contribution in [0.5, 0.6) is 17.2 Å². The van der Waals surface area contributed by atoms with Crippen molar-refractivity contribution in [2.75, 3.05) is 21.3 Å². The van der Waals surface area contributed by atoms with Gasteiger partial charge in [0, 0.05) is 11.6 Å². The van der Waals surface area contributed by atoms with Crippen LogP contribution in [0.4, 0.5) is 0 Å². The van der Waals surface area contributed by atoms with Gasteiger partial charge in [-0.15, -0.1) is 0 Å². The first kappa shape index (κ1) is 15.7. The molecule has 2 aromatic rings. The van der Waals surface area contributed by atoms with Gasteiger partial charge >= 0.3 is 0 Å². The monoisotopic (exact) mass is 308 g/mol. The van der Waals surface area contributed by atoms with E-state index < -0.39 is 6.10 Å². The predicted molar refractivity (Wildman–Crippen MR) is 83.7 cm³/mol. The molecule has 0 aliphatic carbocycles. The second-order valence-corrected chi connectivity index (χ2v) is 5.42. The van der Waals surface area contributed by atoms with Gasteiger partial charge < -0.3 is 19.3 Å². The molecule has 0 fully saturated rings. The third-order valence-corrected chi connectivity index (χ3v) is 4.11. The average Bonchev–Trinajstić information content (AvgIpc) is 3.04. The van der Waals surface area contributed by atoms with E-state index in [0.29, 0.717) is 29.2 Å². The highest BCUT2D eigenvalue weighted by Gasteiger charge is 2.18. The SMILES string of the molecule is COc1cc(OC)c(C(O)CCc2ccsc2)cc1OC. The summed E-state index contributed by atoms with van der Waals surface area (Å²) in [5.41, 5.74) is 1.95. The number of aryl methyl sites for hydroxylation is 1. The van der Waals surface area contributed by atoms with Gasteiger partial charge in [-0.25, -0.2) is 0 Å². The van der Waals surface area contributed by atoms with Crippen molar-refractivity contribution in [1.82, 2.24) is 0 Å². The minimum Gasteiger partial charge on any atom is -0.496 e. The summed E-state index contributed by atoms with van der Waals surface area (Å²) in [5, 5.41) is 14.6. The van der Waals surface area contributed by atoms with Gasteiger partial charge in [-0.1, -0.05) is 0 Å². The van der Waals surface area contributed by atoms with Gasteiger partial charge in [-0.05, 0) is 41.3 Å². The van der Waals surface area contributed by atoms with Crippen molar-refractivity contribution in [3.8, 4) is 17.2 Å². The molecule has 0 bridgehead atoms. The Labute approximate surface area is 128 Å². The minimum atomic E-state index is -0.611. The molecule has 21 heavy (non-hydrogen) atoms. The van der Waals surface area contributed by atoms with E-state index in [-0.39, 0.29) is 0 Å². The molecule has 1 atom stereocenters. The average molecular weight is 308 g/mol. The zero-order valence-electron chi connectivity index (χ0n) is 12.5. The molecule has 0 aliphatic heterocycles. The number of aliphatic hydroxyl groups is 1. The van der Waals surface area contributed by atoms with E-state index in [1.54, 1.807) is 44.8 Å². The molecule has 1 N–H and O–H groups in total. The molecule has 1 unspecified atom stereocenters. The quantitative estimate of drug-likeness (QED) is 0.851. The first-order chi connectivity index (χ1) is 10.2. The fourth-order valence-corrected chi connectivity index (χ4v) is 2.91. The van der Waals surface area contributed by atoms with Crippen molar-refractivity contribution >= 4 is 11.3 Å². The van der Waals surface area contributed by atoms with E-state index in [2.05, 4.69) is 11.4 Å². The predicted octanol–water partition coefficient (Wildman–Crippen LogP) is 3.44. The summed E-state index contributed by atoms with van der Waals surface area (Å²) in [6.07, 6.45) is 0.838. The van der Waals surface area contributed by atoms with Crippen molar-refractivity contribution in [3.63, 3.8) is 0 Å². The van der Waals surface area contributed by atoms with Crippen LogP contribution in [0.3, 0.4) is 0 Å². The number of hydrogen-bond acceptors (Lipinski definition) is 5. The molecule has 4 nitrogen and oxygen atoms in total. The lowest BCUT2D eigenvalue weighted by atomic mass is 10.0. The van der Waals surface area contributed by atoms with Gasteiger partial charge in [0.2, 0.25) is 0 Å². The van der Waals surface area contributed by atoms with Crippen LogP contribution < -0.4 is 14.2 Å². The fraction of sp³-hybridized carbons (Fsp3) is 0.375. The second-order valence-electron chi connectivity index (χ2n) is 4.64. The van der Waals surface area contributed by atoms with Gasteiger partial charge in [0.25, 0.3) is 0 Å². The highest BCUT2D eigenvalue weighted by Crippen LogP contribution is 2.38. The Bertz CT molecular complexity index is 566. The molecule has 0 aliphatic rings. The Hall–Kier alpha value is -1.72. The van der Waals surface area contributed by atoms with Crippen LogP contribution in [0.2, 0.25) is 0 Å². The number of ether oxygens (including phenoxy) is 3. The molecule has 0 saturated carbocycles. The topological polar surface area (TPSA) is 47.9 Å². The number of methoxy groups -OCH3 is 3. The summed E-state index contributed by atoms with van der Waals surface area (Å²) in [7, 11) is 4.73. The zero-order chi connectivity index (χ0) is 15.2. The maximum atomic E-state index is 10.4. The van der Waals surface area contributed by atoms with Crippen LogP contribution in [-0.4, -0.2) is 26.4 Å². The van der Waals surface area contributed by atoms with Crippen molar-refractivity contribution in [2.24, 2.45) is 0 Å². The maximum Gasteiger partial charge on any atom is 0.164 e. The Balaban J connectivity index is 2.20. The first-order valence-corrected chi connectivity index (χ1v) is 7.63. The molecule has 0 radical (unpaired) electrons. The number of rotatable bonds is 7. The Morgan fingerprint density at radius 3 is 2.29 bits per heavy atom. The third kappa shape index (κ3) is 3.68. The minimum absolute atomic E-state index is 0.586. The summed E-state index contributed by atoms with van der Waals surface area (Å²) in [6.45, 7) is 0. The van der Waals surface area contributed by atoms with Gasteiger partial charge in [0.1, 0.15) is 5.75 Å². The van der Waals surface area contributed by atoms with E-state index in [0.717, 1.165) is 6.42 Å². The molecule has 2 rings (SSSR count). The molecule has 114 valence electrons. The van der Waals surface area contributed by atoms with Crippen molar-refractivity contribution < 1.29 is 19.3 Å². The van der Waals surface area contributed by atoms with Crippen molar-refractivity contribution in [2.45, 2.75) is 18.9 Å². The highest BCUT2D eigenvalue weighted by atomic mass is 32.1. The van der Waals surface area contributed by atoms with E-state index in [9.17, 15) is 5.11 Å². The Morgan fingerprint density at radius 2 is 1.71 bits per heavy atom. The summed E-state index contributed by atoms with van der Waals surface area (Å²) >= 11 is 1.66. The van der Waals surface area contributed by atoms with E-state index in [4.69, 9.17) is 14.2 Å². The summed E-state index contributed by atoms with van der Waals surface area (Å²) in [5.74, 6) is 1.77. The van der Waals surface area contributed by atoms with Gasteiger partial charge in [-0.2, -0.15) is 11.3 Å². The van der Waals surface area contributed by atoms with E-state index >= 15 is 0 Å². The van der Waals surface area contributed by atoms with Crippen molar-refractivity contribution in [3.05, 3.63) is 40.1 Å². The highest BCUT2D eigenvalue weighted by molar-refractivity contribution is 7.07. The summed E-state index contributed by atoms with van der Waals surface area (Å²) in [6, 6.07) is 5.58. The molecule has 0 amide bonds. The zero-order valence-corrected chi connectivity index (χ0v) is 13.3. The summed E-state index contributed by atoms with van der Waals surface area (Å²) < 4.78 is 15.9. The lowest BCUT2D eigenvalue weighted by Gasteiger charge is -2.17. The van der Waals surface area contributed by atoms with Gasteiger partial charge in [0.05, 0.1) is 27.4 Å². The van der Waals surface area contributed by atoms with Crippen LogP contribution in [0, 0.1) is 0 Å². The second kappa shape index (κ2) is 7.33. The van der Waals surface area contributed by atoms with Crippen LogP contribution in [-0.2, 0) is 6.42 Å². The lowest BCUT2D eigenvalue weighted by molar-refractivity contribution is 0.163. The van der Waals surface area contributed by atoms with Crippen LogP contribution >= 0.6 is 11.3 Å². The number of hydrogen-bond donors (Lipinski definition) is 1. The smallest absolute Gasteiger partial charge is 0.164 e. The lowest BCUT2D eigenvalue weighted by Crippen LogP contribution is -2.04. The number of benzene rings is 1. The van der Waals surface area contributed by atoms with Crippen LogP contribution in [0.15, 0.2) is 29.0 Å². The van der Waals surface area contributed by atoms with Gasteiger partial charge in [0.15, 0.2) is 11.5 Å². The van der Waals surface area contributed by atoms with Crippen LogP contribution in [0.1, 0.15) is 23.7 Å². The maximum absolute atomic E-state index is 10.4. The number of thiophene rings is 1.